The summed E-state index contributed by atoms with van der Waals surface area (Å²) in [6.07, 6.45) is 3.95. The Balaban J connectivity index is 2.10. The molecule has 1 spiro atoms. The Hall–Kier alpha value is -2.09. The molecular formula is C21H36N4O4. The minimum absolute atomic E-state index is 0.0417. The summed E-state index contributed by atoms with van der Waals surface area (Å²) >= 11 is 0. The topological polar surface area (TPSA) is 84.4 Å². The van der Waals surface area contributed by atoms with Crippen molar-refractivity contribution >= 4 is 17.9 Å². The van der Waals surface area contributed by atoms with Crippen LogP contribution >= 0.6 is 0 Å². The van der Waals surface area contributed by atoms with Gasteiger partial charge in [-0.25, -0.2) is 9.59 Å². The van der Waals surface area contributed by atoms with Gasteiger partial charge in [0.05, 0.1) is 0 Å². The van der Waals surface area contributed by atoms with E-state index in [0.29, 0.717) is 26.2 Å². The quantitative estimate of drug-likeness (QED) is 0.677. The zero-order valence-electron chi connectivity index (χ0n) is 18.3. The average molecular weight is 409 g/mol. The lowest BCUT2D eigenvalue weighted by molar-refractivity contribution is -0.143. The molecule has 0 bridgehead atoms. The van der Waals surface area contributed by atoms with Crippen molar-refractivity contribution in [3.63, 3.8) is 0 Å². The molecule has 0 radical (unpaired) electrons. The highest BCUT2D eigenvalue weighted by atomic mass is 16.4. The number of carbonyl (C=O) groups is 3. The number of amides is 3. The second-order valence-electron chi connectivity index (χ2n) is 8.58. The summed E-state index contributed by atoms with van der Waals surface area (Å²) in [5.41, 5.74) is -0.132. The van der Waals surface area contributed by atoms with Crippen LogP contribution in [0.5, 0.6) is 0 Å². The lowest BCUT2D eigenvalue weighted by Gasteiger charge is -2.54. The molecule has 1 unspecified atom stereocenters. The second-order valence-corrected chi connectivity index (χ2v) is 8.58. The van der Waals surface area contributed by atoms with E-state index in [1.54, 1.807) is 11.9 Å². The van der Waals surface area contributed by atoms with E-state index in [9.17, 15) is 19.5 Å². The SMILES string of the molecule is C=CC(=O)N1CCN(CCC)C2(CCN(C(=O)N(C)C(C(=O)O)C(C)C)CC2)C1. The Morgan fingerprint density at radius 1 is 1.14 bits per heavy atom. The maximum absolute atomic E-state index is 12.9. The van der Waals surface area contributed by atoms with Crippen LogP contribution in [0.25, 0.3) is 0 Å². The molecular weight excluding hydrogens is 372 g/mol. The summed E-state index contributed by atoms with van der Waals surface area (Å²) in [6.45, 7) is 13.7. The highest BCUT2D eigenvalue weighted by molar-refractivity contribution is 5.87. The van der Waals surface area contributed by atoms with Crippen LogP contribution in [0, 0.1) is 5.92 Å². The van der Waals surface area contributed by atoms with E-state index < -0.39 is 12.0 Å². The number of carboxylic acid groups (broad SMARTS) is 1. The van der Waals surface area contributed by atoms with Gasteiger partial charge in [0.2, 0.25) is 5.91 Å². The van der Waals surface area contributed by atoms with Crippen LogP contribution in [-0.4, -0.2) is 101 Å². The fraction of sp³-hybridized carbons (Fsp3) is 0.762. The van der Waals surface area contributed by atoms with Crippen LogP contribution in [0.4, 0.5) is 4.79 Å². The van der Waals surface area contributed by atoms with Crippen molar-refractivity contribution in [1.29, 1.82) is 0 Å². The van der Waals surface area contributed by atoms with Crippen molar-refractivity contribution in [1.82, 2.24) is 19.6 Å². The molecule has 8 heteroatoms. The van der Waals surface area contributed by atoms with Gasteiger partial charge < -0.3 is 19.8 Å². The van der Waals surface area contributed by atoms with E-state index >= 15 is 0 Å². The molecule has 3 amide bonds. The van der Waals surface area contributed by atoms with Gasteiger partial charge in [0.25, 0.3) is 0 Å². The number of likely N-dealkylation sites (N-methyl/N-ethyl adjacent to an activating group) is 1. The molecule has 2 aliphatic rings. The van der Waals surface area contributed by atoms with Crippen LogP contribution < -0.4 is 0 Å². The fourth-order valence-electron chi connectivity index (χ4n) is 4.78. The summed E-state index contributed by atoms with van der Waals surface area (Å²) in [7, 11) is 1.57. The first kappa shape index (κ1) is 23.2. The lowest BCUT2D eigenvalue weighted by Crippen LogP contribution is -2.67. The molecule has 0 aliphatic carbocycles. The molecule has 1 N–H and O–H groups in total. The van der Waals surface area contributed by atoms with Gasteiger partial charge in [0.15, 0.2) is 0 Å². The summed E-state index contributed by atoms with van der Waals surface area (Å²) in [4.78, 5) is 44.2. The number of rotatable bonds is 6. The van der Waals surface area contributed by atoms with E-state index in [2.05, 4.69) is 18.4 Å². The van der Waals surface area contributed by atoms with Crippen molar-refractivity contribution in [3.05, 3.63) is 12.7 Å². The number of hydrogen-bond acceptors (Lipinski definition) is 4. The number of nitrogens with zero attached hydrogens (tertiary/aromatic N) is 4. The number of piperidine rings is 1. The molecule has 0 aromatic heterocycles. The van der Waals surface area contributed by atoms with Crippen LogP contribution in [0.3, 0.4) is 0 Å². The molecule has 164 valence electrons. The molecule has 8 nitrogen and oxygen atoms in total. The van der Waals surface area contributed by atoms with Crippen LogP contribution in [-0.2, 0) is 9.59 Å². The van der Waals surface area contributed by atoms with E-state index in [-0.39, 0.29) is 23.4 Å². The number of hydrogen-bond donors (Lipinski definition) is 1. The van der Waals surface area contributed by atoms with Crippen LogP contribution in [0.2, 0.25) is 0 Å². The van der Waals surface area contributed by atoms with Crippen molar-refractivity contribution < 1.29 is 19.5 Å². The van der Waals surface area contributed by atoms with Gasteiger partial charge in [-0.1, -0.05) is 27.4 Å². The maximum Gasteiger partial charge on any atom is 0.326 e. The summed E-state index contributed by atoms with van der Waals surface area (Å²) in [5, 5.41) is 9.49. The Morgan fingerprint density at radius 2 is 1.76 bits per heavy atom. The largest absolute Gasteiger partial charge is 0.480 e. The van der Waals surface area contributed by atoms with Gasteiger partial charge in [-0.3, -0.25) is 9.69 Å². The standard InChI is InChI=1S/C21H36N4O4/c1-6-10-25-14-13-24(17(26)7-2)15-21(25)8-11-23(12-9-21)20(29)22(5)18(16(3)4)19(27)28/h7,16,18H,2,6,8-15H2,1,3-5H3,(H,27,28). The second kappa shape index (κ2) is 9.61. The highest BCUT2D eigenvalue weighted by Crippen LogP contribution is 2.33. The molecule has 2 saturated heterocycles. The molecule has 2 heterocycles. The van der Waals surface area contributed by atoms with Gasteiger partial charge >= 0.3 is 12.0 Å². The molecule has 2 fully saturated rings. The van der Waals surface area contributed by atoms with E-state index in [0.717, 1.165) is 32.4 Å². The smallest absolute Gasteiger partial charge is 0.326 e. The highest BCUT2D eigenvalue weighted by Gasteiger charge is 2.45. The number of likely N-dealkylation sites (tertiary alicyclic amines) is 1. The van der Waals surface area contributed by atoms with Gasteiger partial charge in [-0.05, 0) is 37.8 Å². The van der Waals surface area contributed by atoms with E-state index in [1.807, 2.05) is 18.7 Å². The first-order valence-electron chi connectivity index (χ1n) is 10.6. The maximum atomic E-state index is 12.9. The normalized spacial score (nSPS) is 20.6. The van der Waals surface area contributed by atoms with Crippen molar-refractivity contribution in [3.8, 4) is 0 Å². The zero-order chi connectivity index (χ0) is 21.8. The molecule has 1 atom stereocenters. The van der Waals surface area contributed by atoms with Crippen LogP contribution in [0.1, 0.15) is 40.0 Å². The fourth-order valence-corrected chi connectivity index (χ4v) is 4.78. The third-order valence-corrected chi connectivity index (χ3v) is 6.34. The van der Waals surface area contributed by atoms with Gasteiger partial charge in [-0.15, -0.1) is 0 Å². The molecule has 2 aliphatic heterocycles. The Kier molecular flexibility index (Phi) is 7.68. The molecule has 29 heavy (non-hydrogen) atoms. The number of carboxylic acids is 1. The van der Waals surface area contributed by atoms with E-state index in [1.165, 1.54) is 11.0 Å². The predicted molar refractivity (Wildman–Crippen MR) is 112 cm³/mol. The number of carbonyl (C=O) groups excluding carboxylic acids is 2. The third-order valence-electron chi connectivity index (χ3n) is 6.34. The van der Waals surface area contributed by atoms with Gasteiger partial charge in [-0.2, -0.15) is 0 Å². The number of urea groups is 1. The first-order chi connectivity index (χ1) is 13.7. The Morgan fingerprint density at radius 3 is 2.24 bits per heavy atom. The molecule has 0 saturated carbocycles. The van der Waals surface area contributed by atoms with E-state index in [4.69, 9.17) is 0 Å². The summed E-state index contributed by atoms with van der Waals surface area (Å²) < 4.78 is 0. The average Bonchev–Trinajstić information content (AvgIpc) is 2.68. The Bertz CT molecular complexity index is 628. The summed E-state index contributed by atoms with van der Waals surface area (Å²) in [6, 6.07) is -1.08. The van der Waals surface area contributed by atoms with Gasteiger partial charge in [0, 0.05) is 45.3 Å². The number of piperazine rings is 1. The Labute approximate surface area is 174 Å². The van der Waals surface area contributed by atoms with Crippen LogP contribution in [0.15, 0.2) is 12.7 Å². The zero-order valence-corrected chi connectivity index (χ0v) is 18.3. The predicted octanol–water partition coefficient (Wildman–Crippen LogP) is 1.72. The molecule has 2 rings (SSSR count). The van der Waals surface area contributed by atoms with Gasteiger partial charge in [0.1, 0.15) is 6.04 Å². The number of aliphatic carboxylic acids is 1. The van der Waals surface area contributed by atoms with Crippen molar-refractivity contribution in [2.24, 2.45) is 5.92 Å². The molecule has 0 aromatic rings. The monoisotopic (exact) mass is 408 g/mol. The molecule has 0 aromatic carbocycles. The third kappa shape index (κ3) is 4.91. The summed E-state index contributed by atoms with van der Waals surface area (Å²) in [5.74, 6) is -1.20. The lowest BCUT2D eigenvalue weighted by atomic mass is 9.83. The van der Waals surface area contributed by atoms with Crippen molar-refractivity contribution in [2.75, 3.05) is 46.3 Å². The minimum Gasteiger partial charge on any atom is -0.480 e. The minimum atomic E-state index is -0.982. The first-order valence-corrected chi connectivity index (χ1v) is 10.6. The van der Waals surface area contributed by atoms with Crippen molar-refractivity contribution in [2.45, 2.75) is 51.6 Å².